The summed E-state index contributed by atoms with van der Waals surface area (Å²) >= 11 is 11.8. The predicted octanol–water partition coefficient (Wildman–Crippen LogP) is 3.58. The minimum atomic E-state index is -0.607. The Bertz CT molecular complexity index is 1020. The molecule has 1 aliphatic carbocycles. The molecular formula is C20H15Cl2N3O4. The molecular weight excluding hydrogens is 417 g/mol. The molecule has 148 valence electrons. The third-order valence-corrected chi connectivity index (χ3v) is 5.40. The fourth-order valence-electron chi connectivity index (χ4n) is 3.04. The van der Waals surface area contributed by atoms with Crippen molar-refractivity contribution >= 4 is 58.2 Å². The van der Waals surface area contributed by atoms with E-state index in [2.05, 4.69) is 10.6 Å². The van der Waals surface area contributed by atoms with E-state index in [9.17, 15) is 19.2 Å². The van der Waals surface area contributed by atoms with E-state index in [1.165, 1.54) is 12.1 Å². The SMILES string of the molecule is O=C(CN1C(=O)c2cc(Cl)c(Cl)cc2C1=O)Nc1cccc(NC(=O)C2CC2)c1. The molecule has 7 nitrogen and oxygen atoms in total. The third kappa shape index (κ3) is 3.97. The summed E-state index contributed by atoms with van der Waals surface area (Å²) < 4.78 is 0. The Morgan fingerprint density at radius 1 is 0.931 bits per heavy atom. The molecule has 0 bridgehead atoms. The van der Waals surface area contributed by atoms with Crippen LogP contribution in [0.3, 0.4) is 0 Å². The highest BCUT2D eigenvalue weighted by molar-refractivity contribution is 6.43. The van der Waals surface area contributed by atoms with Gasteiger partial charge in [-0.15, -0.1) is 0 Å². The minimum Gasteiger partial charge on any atom is -0.326 e. The van der Waals surface area contributed by atoms with Crippen molar-refractivity contribution in [3.05, 3.63) is 57.6 Å². The zero-order valence-corrected chi connectivity index (χ0v) is 16.5. The Kier molecular flexibility index (Phi) is 5.02. The van der Waals surface area contributed by atoms with Crippen molar-refractivity contribution < 1.29 is 19.2 Å². The number of hydrogen-bond acceptors (Lipinski definition) is 4. The minimum absolute atomic E-state index is 0.0446. The second-order valence-corrected chi connectivity index (χ2v) is 7.72. The molecule has 2 N–H and O–H groups in total. The summed E-state index contributed by atoms with van der Waals surface area (Å²) in [6.07, 6.45) is 1.78. The molecule has 4 rings (SSSR count). The molecule has 0 saturated heterocycles. The quantitative estimate of drug-likeness (QED) is 0.707. The number of fused-ring (bicyclic) bond motifs is 1. The number of nitrogens with one attached hydrogen (secondary N) is 2. The van der Waals surface area contributed by atoms with Crippen molar-refractivity contribution in [3.8, 4) is 0 Å². The number of nitrogens with zero attached hydrogens (tertiary/aromatic N) is 1. The molecule has 1 saturated carbocycles. The van der Waals surface area contributed by atoms with E-state index < -0.39 is 24.3 Å². The molecule has 0 atom stereocenters. The lowest BCUT2D eigenvalue weighted by Crippen LogP contribution is -2.37. The van der Waals surface area contributed by atoms with Crippen LogP contribution in [0.5, 0.6) is 0 Å². The molecule has 1 aliphatic heterocycles. The van der Waals surface area contributed by atoms with Crippen LogP contribution in [0.1, 0.15) is 33.6 Å². The normalized spacial score (nSPS) is 15.3. The van der Waals surface area contributed by atoms with Crippen molar-refractivity contribution in [1.82, 2.24) is 4.90 Å². The monoisotopic (exact) mass is 431 g/mol. The first kappa shape index (κ1) is 19.4. The topological polar surface area (TPSA) is 95.6 Å². The van der Waals surface area contributed by atoms with Crippen LogP contribution in [0.2, 0.25) is 10.0 Å². The number of amides is 4. The summed E-state index contributed by atoms with van der Waals surface area (Å²) in [5.41, 5.74) is 1.22. The van der Waals surface area contributed by atoms with Crippen LogP contribution in [0.15, 0.2) is 36.4 Å². The molecule has 1 heterocycles. The molecule has 0 spiro atoms. The lowest BCUT2D eigenvalue weighted by Gasteiger charge is -2.14. The average molecular weight is 432 g/mol. The zero-order valence-electron chi connectivity index (χ0n) is 15.0. The largest absolute Gasteiger partial charge is 0.326 e. The second kappa shape index (κ2) is 7.50. The van der Waals surface area contributed by atoms with Crippen LogP contribution in [0.4, 0.5) is 11.4 Å². The van der Waals surface area contributed by atoms with E-state index in [4.69, 9.17) is 23.2 Å². The van der Waals surface area contributed by atoms with Gasteiger partial charge < -0.3 is 10.6 Å². The lowest BCUT2D eigenvalue weighted by atomic mass is 10.1. The third-order valence-electron chi connectivity index (χ3n) is 4.68. The van der Waals surface area contributed by atoms with Gasteiger partial charge in [-0.3, -0.25) is 24.1 Å². The number of benzene rings is 2. The van der Waals surface area contributed by atoms with E-state index in [0.717, 1.165) is 17.7 Å². The van der Waals surface area contributed by atoms with Gasteiger partial charge in [0.2, 0.25) is 11.8 Å². The van der Waals surface area contributed by atoms with Gasteiger partial charge >= 0.3 is 0 Å². The molecule has 0 unspecified atom stereocenters. The molecule has 2 aliphatic rings. The fourth-order valence-corrected chi connectivity index (χ4v) is 3.36. The number of anilines is 2. The van der Waals surface area contributed by atoms with Crippen LogP contribution in [0.25, 0.3) is 0 Å². The fraction of sp³-hybridized carbons (Fsp3) is 0.200. The van der Waals surface area contributed by atoms with Crippen LogP contribution in [-0.2, 0) is 9.59 Å². The van der Waals surface area contributed by atoms with Crippen LogP contribution < -0.4 is 10.6 Å². The summed E-state index contributed by atoms with van der Waals surface area (Å²) in [6, 6.07) is 9.30. The Morgan fingerprint density at radius 3 is 2.03 bits per heavy atom. The molecule has 0 aromatic heterocycles. The Labute approximate surface area is 176 Å². The van der Waals surface area contributed by atoms with E-state index >= 15 is 0 Å². The van der Waals surface area contributed by atoms with Crippen LogP contribution in [0, 0.1) is 5.92 Å². The summed E-state index contributed by atoms with van der Waals surface area (Å²) in [4.78, 5) is 50.1. The number of imide groups is 1. The van der Waals surface area contributed by atoms with Crippen molar-refractivity contribution in [3.63, 3.8) is 0 Å². The molecule has 4 amide bonds. The predicted molar refractivity (Wildman–Crippen MR) is 108 cm³/mol. The van der Waals surface area contributed by atoms with Gasteiger partial charge in [0.25, 0.3) is 11.8 Å². The van der Waals surface area contributed by atoms with Gasteiger partial charge in [0, 0.05) is 17.3 Å². The maximum Gasteiger partial charge on any atom is 0.262 e. The van der Waals surface area contributed by atoms with Crippen LogP contribution >= 0.6 is 23.2 Å². The molecule has 1 fully saturated rings. The average Bonchev–Trinajstić information content (AvgIpc) is 3.49. The van der Waals surface area contributed by atoms with E-state index in [1.54, 1.807) is 24.3 Å². The number of carbonyl (C=O) groups is 4. The maximum atomic E-state index is 12.5. The van der Waals surface area contributed by atoms with Gasteiger partial charge in [0.15, 0.2) is 0 Å². The first-order chi connectivity index (χ1) is 13.8. The van der Waals surface area contributed by atoms with Crippen molar-refractivity contribution in [2.45, 2.75) is 12.8 Å². The summed E-state index contributed by atoms with van der Waals surface area (Å²) in [5, 5.41) is 5.73. The molecule has 0 radical (unpaired) electrons. The van der Waals surface area contributed by atoms with E-state index in [1.807, 2.05) is 0 Å². The van der Waals surface area contributed by atoms with E-state index in [-0.39, 0.29) is 33.0 Å². The van der Waals surface area contributed by atoms with Gasteiger partial charge in [-0.1, -0.05) is 29.3 Å². The van der Waals surface area contributed by atoms with Gasteiger partial charge in [0.1, 0.15) is 6.54 Å². The number of carbonyl (C=O) groups excluding carboxylic acids is 4. The second-order valence-electron chi connectivity index (χ2n) is 6.90. The van der Waals surface area contributed by atoms with Gasteiger partial charge in [0.05, 0.1) is 21.2 Å². The summed E-state index contributed by atoms with van der Waals surface area (Å²) in [6.45, 7) is -0.458. The van der Waals surface area contributed by atoms with Crippen molar-refractivity contribution in [1.29, 1.82) is 0 Å². The highest BCUT2D eigenvalue weighted by Crippen LogP contribution is 2.32. The number of halogens is 2. The standard InChI is InChI=1S/C20H15Cl2N3O4/c21-15-7-13-14(8-16(15)22)20(29)25(19(13)28)9-17(26)23-11-2-1-3-12(6-11)24-18(27)10-4-5-10/h1-3,6-8,10H,4-5,9H2,(H,23,26)(H,24,27). The highest BCUT2D eigenvalue weighted by Gasteiger charge is 2.37. The molecule has 2 aromatic carbocycles. The van der Waals surface area contributed by atoms with Crippen molar-refractivity contribution in [2.24, 2.45) is 5.92 Å². The summed E-state index contributed by atoms with van der Waals surface area (Å²) in [5.74, 6) is -1.75. The number of rotatable bonds is 5. The molecule has 29 heavy (non-hydrogen) atoms. The van der Waals surface area contributed by atoms with Gasteiger partial charge in [-0.2, -0.15) is 0 Å². The molecule has 2 aromatic rings. The first-order valence-electron chi connectivity index (χ1n) is 8.89. The molecule has 9 heteroatoms. The zero-order chi connectivity index (χ0) is 20.7. The summed E-state index contributed by atoms with van der Waals surface area (Å²) in [7, 11) is 0. The van der Waals surface area contributed by atoms with Gasteiger partial charge in [-0.25, -0.2) is 0 Å². The van der Waals surface area contributed by atoms with Crippen LogP contribution in [-0.4, -0.2) is 35.1 Å². The maximum absolute atomic E-state index is 12.5. The Hall–Kier alpha value is -2.90. The Balaban J connectivity index is 1.43. The first-order valence-corrected chi connectivity index (χ1v) is 9.65. The van der Waals surface area contributed by atoms with Crippen molar-refractivity contribution in [2.75, 3.05) is 17.2 Å². The lowest BCUT2D eigenvalue weighted by molar-refractivity contribution is -0.117. The highest BCUT2D eigenvalue weighted by atomic mass is 35.5. The van der Waals surface area contributed by atoms with E-state index in [0.29, 0.717) is 11.4 Å². The van der Waals surface area contributed by atoms with Gasteiger partial charge in [-0.05, 0) is 43.2 Å². The smallest absolute Gasteiger partial charge is 0.262 e. The Morgan fingerprint density at radius 2 is 1.48 bits per heavy atom. The number of hydrogen-bond donors (Lipinski definition) is 2.